The molecular weight excluding hydrogens is 444 g/mol. The van der Waals surface area contributed by atoms with Gasteiger partial charge in [-0.2, -0.15) is 0 Å². The number of carbonyl (C=O) groups is 1. The second kappa shape index (κ2) is 11.3. The first-order valence-corrected chi connectivity index (χ1v) is 11.6. The third-order valence-corrected chi connectivity index (χ3v) is 6.35. The van der Waals surface area contributed by atoms with Crippen LogP contribution in [0.2, 0.25) is 5.02 Å². The van der Waals surface area contributed by atoms with Gasteiger partial charge in [-0.1, -0.05) is 29.9 Å². The first kappa shape index (κ1) is 24.9. The maximum absolute atomic E-state index is 12.8. The highest BCUT2D eigenvalue weighted by molar-refractivity contribution is 7.89. The van der Waals surface area contributed by atoms with E-state index in [0.717, 1.165) is 12.8 Å². The summed E-state index contributed by atoms with van der Waals surface area (Å²) in [6.07, 6.45) is 1.67. The summed E-state index contributed by atoms with van der Waals surface area (Å²) in [6, 6.07) is 9.08. The lowest BCUT2D eigenvalue weighted by atomic mass is 10.2. The van der Waals surface area contributed by atoms with Crippen LogP contribution >= 0.6 is 11.6 Å². The summed E-state index contributed by atoms with van der Waals surface area (Å²) >= 11 is 6.05. The number of nitrogens with one attached hydrogen (secondary N) is 1. The average molecular weight is 471 g/mol. The Kier molecular flexibility index (Phi) is 9.12. The Hall–Kier alpha value is -2.33. The first-order valence-electron chi connectivity index (χ1n) is 9.78. The fourth-order valence-corrected chi connectivity index (χ4v) is 4.00. The molecule has 0 heterocycles. The van der Waals surface area contributed by atoms with E-state index in [1.54, 1.807) is 18.2 Å². The molecule has 0 radical (unpaired) electrons. The number of carbonyl (C=O) groups excluding carboxylic acids is 1. The first-order chi connectivity index (χ1) is 14.7. The Balaban J connectivity index is 2.29. The minimum atomic E-state index is -4.02. The second-order valence-electron chi connectivity index (χ2n) is 6.56. The van der Waals surface area contributed by atoms with Crippen LogP contribution in [0, 0.1) is 0 Å². The van der Waals surface area contributed by atoms with E-state index in [1.165, 1.54) is 32.4 Å². The third-order valence-electron chi connectivity index (χ3n) is 4.19. The number of hydrogen-bond acceptors (Lipinski definition) is 6. The summed E-state index contributed by atoms with van der Waals surface area (Å²) < 4.78 is 37.2. The molecule has 0 aliphatic rings. The molecule has 31 heavy (non-hydrogen) atoms. The van der Waals surface area contributed by atoms with Crippen LogP contribution in [0.15, 0.2) is 41.3 Å². The van der Waals surface area contributed by atoms with Gasteiger partial charge in [-0.3, -0.25) is 9.63 Å². The van der Waals surface area contributed by atoms with Crippen molar-refractivity contribution in [2.24, 2.45) is 0 Å². The van der Waals surface area contributed by atoms with Crippen molar-refractivity contribution in [1.29, 1.82) is 0 Å². The number of rotatable bonds is 11. The highest BCUT2D eigenvalue weighted by Crippen LogP contribution is 2.31. The van der Waals surface area contributed by atoms with Crippen molar-refractivity contribution in [3.63, 3.8) is 0 Å². The van der Waals surface area contributed by atoms with E-state index in [-0.39, 0.29) is 15.5 Å². The number of hydrogen-bond donors (Lipinski definition) is 1. The average Bonchev–Trinajstić information content (AvgIpc) is 2.76. The molecule has 2 aromatic rings. The zero-order valence-corrected chi connectivity index (χ0v) is 19.5. The maximum atomic E-state index is 12.8. The Labute approximate surface area is 188 Å². The van der Waals surface area contributed by atoms with Gasteiger partial charge in [-0.15, -0.1) is 0 Å². The van der Waals surface area contributed by atoms with Crippen molar-refractivity contribution in [3.05, 3.63) is 47.0 Å². The number of anilines is 1. The lowest BCUT2D eigenvalue weighted by molar-refractivity contribution is -0.0258. The minimum absolute atomic E-state index is 0.0203. The number of halogens is 1. The smallest absolute Gasteiger partial charge is 0.266 e. The summed E-state index contributed by atoms with van der Waals surface area (Å²) in [5.74, 6) is 0.613. The van der Waals surface area contributed by atoms with E-state index in [2.05, 4.69) is 5.32 Å². The maximum Gasteiger partial charge on any atom is 0.266 e. The van der Waals surface area contributed by atoms with Crippen molar-refractivity contribution in [2.75, 3.05) is 32.7 Å². The molecular formula is C21H27ClN2O6S. The van der Waals surface area contributed by atoms with Crippen LogP contribution in [-0.4, -0.2) is 46.2 Å². The van der Waals surface area contributed by atoms with Gasteiger partial charge in [0, 0.05) is 24.4 Å². The summed E-state index contributed by atoms with van der Waals surface area (Å²) in [5, 5.41) is 2.72. The van der Waals surface area contributed by atoms with Gasteiger partial charge in [-0.05, 0) is 43.2 Å². The topological polar surface area (TPSA) is 94.2 Å². The molecule has 0 aliphatic carbocycles. The lowest BCUT2D eigenvalue weighted by Crippen LogP contribution is -2.26. The Morgan fingerprint density at radius 3 is 2.29 bits per heavy atom. The Morgan fingerprint density at radius 2 is 1.68 bits per heavy atom. The zero-order chi connectivity index (χ0) is 23.0. The van der Waals surface area contributed by atoms with E-state index in [9.17, 15) is 13.2 Å². The van der Waals surface area contributed by atoms with E-state index < -0.39 is 15.9 Å². The predicted octanol–water partition coefficient (Wildman–Crippen LogP) is 4.35. The van der Waals surface area contributed by atoms with Crippen LogP contribution in [0.5, 0.6) is 11.5 Å². The molecule has 170 valence electrons. The Morgan fingerprint density at radius 1 is 1.03 bits per heavy atom. The quantitative estimate of drug-likeness (QED) is 0.490. The summed E-state index contributed by atoms with van der Waals surface area (Å²) in [6.45, 7) is 5.05. The summed E-state index contributed by atoms with van der Waals surface area (Å²) in [5.41, 5.74) is 0.600. The van der Waals surface area contributed by atoms with Crippen LogP contribution in [0.1, 0.15) is 37.0 Å². The molecule has 0 aromatic heterocycles. The standard InChI is InChI=1S/C21H27ClN2O6S/c1-5-11-29-18-10-8-16(14-19(18)30-12-6-2)23-21(25)15-7-9-17(22)20(13-15)31(26,27)24(3)28-4/h7-10,13-14H,5-6,11-12H2,1-4H3,(H,23,25). The zero-order valence-electron chi connectivity index (χ0n) is 18.0. The summed E-state index contributed by atoms with van der Waals surface area (Å²) in [4.78, 5) is 17.3. The molecule has 0 unspecified atom stereocenters. The largest absolute Gasteiger partial charge is 0.490 e. The molecule has 0 saturated heterocycles. The normalized spacial score (nSPS) is 11.4. The number of benzene rings is 2. The molecule has 0 saturated carbocycles. The molecule has 8 nitrogen and oxygen atoms in total. The van der Waals surface area contributed by atoms with Gasteiger partial charge in [0.05, 0.1) is 25.3 Å². The number of sulfonamides is 1. The molecule has 0 bridgehead atoms. The van der Waals surface area contributed by atoms with E-state index in [0.29, 0.717) is 34.9 Å². The fraction of sp³-hybridized carbons (Fsp3) is 0.381. The molecule has 0 fully saturated rings. The van der Waals surface area contributed by atoms with Gasteiger partial charge in [0.1, 0.15) is 4.90 Å². The number of ether oxygens (including phenoxy) is 2. The third kappa shape index (κ3) is 6.33. The Bertz CT molecular complexity index is 1010. The molecule has 10 heteroatoms. The van der Waals surface area contributed by atoms with Crippen molar-refractivity contribution in [2.45, 2.75) is 31.6 Å². The lowest BCUT2D eigenvalue weighted by Gasteiger charge is -2.16. The van der Waals surface area contributed by atoms with Gasteiger partial charge in [-0.25, -0.2) is 8.42 Å². The van der Waals surface area contributed by atoms with Crippen molar-refractivity contribution < 1.29 is 27.5 Å². The van der Waals surface area contributed by atoms with E-state index >= 15 is 0 Å². The molecule has 0 aliphatic heterocycles. The van der Waals surface area contributed by atoms with Crippen molar-refractivity contribution in [3.8, 4) is 11.5 Å². The summed E-state index contributed by atoms with van der Waals surface area (Å²) in [7, 11) is -1.57. The van der Waals surface area contributed by atoms with Gasteiger partial charge >= 0.3 is 0 Å². The van der Waals surface area contributed by atoms with Gasteiger partial charge in [0.15, 0.2) is 11.5 Å². The molecule has 1 amide bonds. The van der Waals surface area contributed by atoms with Crippen molar-refractivity contribution >= 4 is 33.2 Å². The van der Waals surface area contributed by atoms with E-state index in [4.69, 9.17) is 25.9 Å². The number of nitrogens with zero attached hydrogens (tertiary/aromatic N) is 1. The highest BCUT2D eigenvalue weighted by atomic mass is 35.5. The molecule has 0 atom stereocenters. The van der Waals surface area contributed by atoms with E-state index in [1.807, 2.05) is 13.8 Å². The predicted molar refractivity (Wildman–Crippen MR) is 119 cm³/mol. The second-order valence-corrected chi connectivity index (χ2v) is 8.87. The minimum Gasteiger partial charge on any atom is -0.490 e. The number of amides is 1. The van der Waals surface area contributed by atoms with Gasteiger partial charge < -0.3 is 14.8 Å². The van der Waals surface area contributed by atoms with Crippen LogP contribution in [0.3, 0.4) is 0 Å². The van der Waals surface area contributed by atoms with Crippen LogP contribution in [0.4, 0.5) is 5.69 Å². The molecule has 2 aromatic carbocycles. The SMILES string of the molecule is CCCOc1ccc(NC(=O)c2ccc(Cl)c(S(=O)(=O)N(C)OC)c2)cc1OCCC. The monoisotopic (exact) mass is 470 g/mol. The van der Waals surface area contributed by atoms with Crippen LogP contribution < -0.4 is 14.8 Å². The van der Waals surface area contributed by atoms with Crippen LogP contribution in [-0.2, 0) is 14.9 Å². The highest BCUT2D eigenvalue weighted by Gasteiger charge is 2.25. The number of hydroxylamine groups is 1. The molecule has 2 rings (SSSR count). The van der Waals surface area contributed by atoms with Gasteiger partial charge in [0.2, 0.25) is 0 Å². The molecule has 0 spiro atoms. The fourth-order valence-electron chi connectivity index (χ4n) is 2.52. The molecule has 1 N–H and O–H groups in total. The van der Waals surface area contributed by atoms with Crippen LogP contribution in [0.25, 0.3) is 0 Å². The van der Waals surface area contributed by atoms with Gasteiger partial charge in [0.25, 0.3) is 15.9 Å². The van der Waals surface area contributed by atoms with Crippen molar-refractivity contribution in [1.82, 2.24) is 4.47 Å².